The summed E-state index contributed by atoms with van der Waals surface area (Å²) in [7, 11) is -3.38. The molecule has 2 aliphatic rings. The summed E-state index contributed by atoms with van der Waals surface area (Å²) in [6.45, 7) is 4.17. The van der Waals surface area contributed by atoms with E-state index < -0.39 is 10.2 Å². The monoisotopic (exact) mass is 339 g/mol. The van der Waals surface area contributed by atoms with E-state index in [0.29, 0.717) is 6.54 Å². The van der Waals surface area contributed by atoms with E-state index >= 15 is 0 Å². The van der Waals surface area contributed by atoms with Crippen molar-refractivity contribution in [2.75, 3.05) is 24.5 Å². The topological polar surface area (TPSA) is 78.4 Å². The zero-order valence-electron chi connectivity index (χ0n) is 13.6. The predicted molar refractivity (Wildman–Crippen MR) is 89.3 cm³/mol. The van der Waals surface area contributed by atoms with Gasteiger partial charge in [0.2, 0.25) is 5.95 Å². The molecule has 7 nitrogen and oxygen atoms in total. The van der Waals surface area contributed by atoms with Gasteiger partial charge in [0, 0.05) is 44.1 Å². The van der Waals surface area contributed by atoms with Gasteiger partial charge < -0.3 is 4.90 Å². The molecule has 1 aromatic rings. The average Bonchev–Trinajstić information content (AvgIpc) is 2.56. The van der Waals surface area contributed by atoms with Gasteiger partial charge >= 0.3 is 0 Å². The van der Waals surface area contributed by atoms with Crippen molar-refractivity contribution in [1.29, 1.82) is 0 Å². The van der Waals surface area contributed by atoms with Gasteiger partial charge in [0.15, 0.2) is 0 Å². The SMILES string of the molecule is C[C@@H]1CCCCN1S(=O)(=O)NC1CCN(c2ncccn2)CC1. The molecule has 8 heteroatoms. The van der Waals surface area contributed by atoms with Gasteiger partial charge in [0.1, 0.15) is 0 Å². The highest BCUT2D eigenvalue weighted by Crippen LogP contribution is 2.21. The molecule has 2 saturated heterocycles. The van der Waals surface area contributed by atoms with Gasteiger partial charge in [0.25, 0.3) is 10.2 Å². The normalized spacial score (nSPS) is 24.7. The van der Waals surface area contributed by atoms with E-state index in [2.05, 4.69) is 19.6 Å². The van der Waals surface area contributed by atoms with Gasteiger partial charge in [-0.05, 0) is 38.7 Å². The summed E-state index contributed by atoms with van der Waals surface area (Å²) in [5.74, 6) is 0.721. The van der Waals surface area contributed by atoms with Crippen LogP contribution in [0.5, 0.6) is 0 Å². The molecular formula is C15H25N5O2S. The molecular weight excluding hydrogens is 314 g/mol. The minimum Gasteiger partial charge on any atom is -0.341 e. The van der Waals surface area contributed by atoms with Crippen molar-refractivity contribution in [3.63, 3.8) is 0 Å². The van der Waals surface area contributed by atoms with E-state index in [0.717, 1.165) is 51.1 Å². The molecule has 23 heavy (non-hydrogen) atoms. The number of nitrogens with one attached hydrogen (secondary N) is 1. The Morgan fingerprint density at radius 2 is 1.78 bits per heavy atom. The van der Waals surface area contributed by atoms with Crippen LogP contribution in [0.4, 0.5) is 5.95 Å². The summed E-state index contributed by atoms with van der Waals surface area (Å²) < 4.78 is 29.7. The first-order valence-electron chi connectivity index (χ1n) is 8.37. The molecule has 1 aromatic heterocycles. The Hall–Kier alpha value is -1.25. The van der Waals surface area contributed by atoms with Crippen molar-refractivity contribution in [2.45, 2.75) is 51.1 Å². The lowest BCUT2D eigenvalue weighted by Gasteiger charge is -2.36. The molecule has 2 fully saturated rings. The Kier molecular flexibility index (Phi) is 5.13. The third kappa shape index (κ3) is 3.99. The Morgan fingerprint density at radius 3 is 2.43 bits per heavy atom. The molecule has 0 aliphatic carbocycles. The number of rotatable bonds is 4. The van der Waals surface area contributed by atoms with Crippen LogP contribution in [0.3, 0.4) is 0 Å². The lowest BCUT2D eigenvalue weighted by atomic mass is 10.1. The highest BCUT2D eigenvalue weighted by molar-refractivity contribution is 7.87. The van der Waals surface area contributed by atoms with Crippen molar-refractivity contribution in [1.82, 2.24) is 19.0 Å². The van der Waals surface area contributed by atoms with Crippen LogP contribution in [0.1, 0.15) is 39.0 Å². The van der Waals surface area contributed by atoms with Crippen LogP contribution >= 0.6 is 0 Å². The number of anilines is 1. The molecule has 0 bridgehead atoms. The fraction of sp³-hybridized carbons (Fsp3) is 0.733. The second-order valence-corrected chi connectivity index (χ2v) is 8.04. The van der Waals surface area contributed by atoms with Gasteiger partial charge in [-0.1, -0.05) is 6.42 Å². The van der Waals surface area contributed by atoms with E-state index in [1.54, 1.807) is 22.8 Å². The van der Waals surface area contributed by atoms with Crippen LogP contribution in [0.2, 0.25) is 0 Å². The summed E-state index contributed by atoms with van der Waals surface area (Å²) in [4.78, 5) is 10.6. The molecule has 3 heterocycles. The van der Waals surface area contributed by atoms with Crippen molar-refractivity contribution >= 4 is 16.2 Å². The Balaban J connectivity index is 1.56. The van der Waals surface area contributed by atoms with Crippen LogP contribution < -0.4 is 9.62 Å². The number of hydrogen-bond donors (Lipinski definition) is 1. The maximum absolute atomic E-state index is 12.6. The van der Waals surface area contributed by atoms with Gasteiger partial charge in [0.05, 0.1) is 0 Å². The van der Waals surface area contributed by atoms with E-state index in [1.807, 2.05) is 6.92 Å². The standard InChI is InChI=1S/C15H25N5O2S/c1-13-5-2-3-10-20(13)23(21,22)18-14-6-11-19(12-7-14)15-16-8-4-9-17-15/h4,8-9,13-14,18H,2-3,5-7,10-12H2,1H3/t13-/m1/s1. The van der Waals surface area contributed by atoms with Crippen molar-refractivity contribution in [3.8, 4) is 0 Å². The zero-order chi connectivity index (χ0) is 16.3. The van der Waals surface area contributed by atoms with Gasteiger partial charge in [-0.2, -0.15) is 17.4 Å². The fourth-order valence-electron chi connectivity index (χ4n) is 3.36. The lowest BCUT2D eigenvalue weighted by molar-refractivity contribution is 0.262. The maximum atomic E-state index is 12.6. The highest BCUT2D eigenvalue weighted by Gasteiger charge is 2.32. The fourth-order valence-corrected chi connectivity index (χ4v) is 5.10. The summed E-state index contributed by atoms with van der Waals surface area (Å²) in [6, 6.07) is 1.89. The average molecular weight is 339 g/mol. The third-order valence-corrected chi connectivity index (χ3v) is 6.49. The van der Waals surface area contributed by atoms with E-state index in [9.17, 15) is 8.42 Å². The first kappa shape index (κ1) is 16.6. The quantitative estimate of drug-likeness (QED) is 0.890. The minimum atomic E-state index is -3.38. The summed E-state index contributed by atoms with van der Waals surface area (Å²) >= 11 is 0. The summed E-state index contributed by atoms with van der Waals surface area (Å²) in [6.07, 6.45) is 8.03. The predicted octanol–water partition coefficient (Wildman–Crippen LogP) is 1.15. The van der Waals surface area contributed by atoms with Gasteiger partial charge in [-0.25, -0.2) is 9.97 Å². The number of piperidine rings is 2. The van der Waals surface area contributed by atoms with Crippen molar-refractivity contribution in [3.05, 3.63) is 18.5 Å². The first-order chi connectivity index (χ1) is 11.1. The number of nitrogens with zero attached hydrogens (tertiary/aromatic N) is 4. The summed E-state index contributed by atoms with van der Waals surface area (Å²) in [5, 5.41) is 0. The van der Waals surface area contributed by atoms with Crippen molar-refractivity contribution in [2.24, 2.45) is 0 Å². The van der Waals surface area contributed by atoms with E-state index in [-0.39, 0.29) is 12.1 Å². The molecule has 1 N–H and O–H groups in total. The molecule has 1 atom stereocenters. The minimum absolute atomic E-state index is 0.00547. The van der Waals surface area contributed by atoms with Crippen LogP contribution in [-0.4, -0.2) is 54.4 Å². The largest absolute Gasteiger partial charge is 0.341 e. The molecule has 0 radical (unpaired) electrons. The van der Waals surface area contributed by atoms with Crippen LogP contribution in [0.15, 0.2) is 18.5 Å². The number of hydrogen-bond acceptors (Lipinski definition) is 5. The second kappa shape index (κ2) is 7.11. The second-order valence-electron chi connectivity index (χ2n) is 6.39. The van der Waals surface area contributed by atoms with E-state index in [1.165, 1.54) is 0 Å². The smallest absolute Gasteiger partial charge is 0.279 e. The molecule has 0 unspecified atom stereocenters. The summed E-state index contributed by atoms with van der Waals surface area (Å²) in [5.41, 5.74) is 0. The zero-order valence-corrected chi connectivity index (χ0v) is 14.4. The molecule has 2 aliphatic heterocycles. The molecule has 0 spiro atoms. The Bertz CT molecular complexity index is 602. The van der Waals surface area contributed by atoms with Crippen LogP contribution in [0.25, 0.3) is 0 Å². The Labute approximate surface area is 138 Å². The molecule has 0 amide bonds. The lowest BCUT2D eigenvalue weighted by Crippen LogP contribution is -2.53. The molecule has 3 rings (SSSR count). The molecule has 0 saturated carbocycles. The van der Waals surface area contributed by atoms with Gasteiger partial charge in [-0.3, -0.25) is 0 Å². The van der Waals surface area contributed by atoms with Gasteiger partial charge in [-0.15, -0.1) is 0 Å². The number of aromatic nitrogens is 2. The first-order valence-corrected chi connectivity index (χ1v) is 9.81. The van der Waals surface area contributed by atoms with Crippen molar-refractivity contribution < 1.29 is 8.42 Å². The third-order valence-electron chi connectivity index (χ3n) is 4.70. The van der Waals surface area contributed by atoms with E-state index in [4.69, 9.17) is 0 Å². The molecule has 0 aromatic carbocycles. The Morgan fingerprint density at radius 1 is 1.09 bits per heavy atom. The van der Waals surface area contributed by atoms with Crippen LogP contribution in [0, 0.1) is 0 Å². The maximum Gasteiger partial charge on any atom is 0.279 e. The van der Waals surface area contributed by atoms with Crippen LogP contribution in [-0.2, 0) is 10.2 Å². The highest BCUT2D eigenvalue weighted by atomic mass is 32.2. The molecule has 128 valence electrons.